The Morgan fingerprint density at radius 3 is 2.50 bits per heavy atom. The van der Waals surface area contributed by atoms with Gasteiger partial charge in [0.1, 0.15) is 5.78 Å². The van der Waals surface area contributed by atoms with Gasteiger partial charge in [-0.25, -0.2) is 0 Å². The first-order chi connectivity index (χ1) is 6.83. The lowest BCUT2D eigenvalue weighted by Crippen LogP contribution is -2.26. The van der Waals surface area contributed by atoms with Crippen LogP contribution in [0.15, 0.2) is 0 Å². The Labute approximate surface area is 87.7 Å². The van der Waals surface area contributed by atoms with Gasteiger partial charge in [-0.3, -0.25) is 9.69 Å². The van der Waals surface area contributed by atoms with Gasteiger partial charge < -0.3 is 0 Å². The van der Waals surface area contributed by atoms with Crippen LogP contribution in [0.25, 0.3) is 0 Å². The SMILES string of the molecule is CCCCCCC(=O)CN1CCCC1. The van der Waals surface area contributed by atoms with Gasteiger partial charge in [-0.05, 0) is 32.4 Å². The van der Waals surface area contributed by atoms with E-state index in [9.17, 15) is 4.79 Å². The molecule has 0 unspecified atom stereocenters. The Balaban J connectivity index is 1.98. The predicted molar refractivity (Wildman–Crippen MR) is 59.4 cm³/mol. The van der Waals surface area contributed by atoms with Crippen molar-refractivity contribution in [2.45, 2.75) is 51.9 Å². The molecule has 0 bridgehead atoms. The molecule has 1 aliphatic rings. The van der Waals surface area contributed by atoms with E-state index in [0.717, 1.165) is 25.9 Å². The van der Waals surface area contributed by atoms with Crippen molar-refractivity contribution >= 4 is 5.78 Å². The van der Waals surface area contributed by atoms with E-state index in [4.69, 9.17) is 0 Å². The van der Waals surface area contributed by atoms with Gasteiger partial charge in [-0.15, -0.1) is 0 Å². The van der Waals surface area contributed by atoms with Gasteiger partial charge >= 0.3 is 0 Å². The fraction of sp³-hybridized carbons (Fsp3) is 0.917. The lowest BCUT2D eigenvalue weighted by atomic mass is 10.1. The molecular weight excluding hydrogens is 174 g/mol. The monoisotopic (exact) mass is 197 g/mol. The van der Waals surface area contributed by atoms with E-state index in [-0.39, 0.29) is 0 Å². The van der Waals surface area contributed by atoms with Gasteiger partial charge in [-0.2, -0.15) is 0 Å². The van der Waals surface area contributed by atoms with E-state index in [0.29, 0.717) is 12.3 Å². The predicted octanol–water partition coefficient (Wildman–Crippen LogP) is 2.62. The maximum absolute atomic E-state index is 11.5. The van der Waals surface area contributed by atoms with Crippen molar-refractivity contribution in [1.82, 2.24) is 4.90 Å². The summed E-state index contributed by atoms with van der Waals surface area (Å²) in [5.41, 5.74) is 0. The number of carbonyl (C=O) groups is 1. The summed E-state index contributed by atoms with van der Waals surface area (Å²) in [6.07, 6.45) is 8.21. The van der Waals surface area contributed by atoms with Gasteiger partial charge in [-0.1, -0.05) is 26.2 Å². The van der Waals surface area contributed by atoms with Gasteiger partial charge in [0, 0.05) is 6.42 Å². The topological polar surface area (TPSA) is 20.3 Å². The summed E-state index contributed by atoms with van der Waals surface area (Å²) in [5, 5.41) is 0. The smallest absolute Gasteiger partial charge is 0.146 e. The largest absolute Gasteiger partial charge is 0.298 e. The number of likely N-dealkylation sites (tertiary alicyclic amines) is 1. The third-order valence-electron chi connectivity index (χ3n) is 2.91. The minimum Gasteiger partial charge on any atom is -0.298 e. The van der Waals surface area contributed by atoms with Crippen molar-refractivity contribution in [3.05, 3.63) is 0 Å². The second kappa shape index (κ2) is 6.99. The van der Waals surface area contributed by atoms with Crippen molar-refractivity contribution in [3.63, 3.8) is 0 Å². The number of carbonyl (C=O) groups excluding carboxylic acids is 1. The summed E-state index contributed by atoms with van der Waals surface area (Å²) in [7, 11) is 0. The van der Waals surface area contributed by atoms with Crippen LogP contribution in [-0.4, -0.2) is 30.3 Å². The highest BCUT2D eigenvalue weighted by Gasteiger charge is 2.14. The number of ketones is 1. The maximum Gasteiger partial charge on any atom is 0.146 e. The van der Waals surface area contributed by atoms with Crippen LogP contribution in [0.3, 0.4) is 0 Å². The Bertz CT molecular complexity index is 162. The Morgan fingerprint density at radius 1 is 1.14 bits per heavy atom. The molecule has 14 heavy (non-hydrogen) atoms. The first kappa shape index (κ1) is 11.7. The lowest BCUT2D eigenvalue weighted by Gasteiger charge is -2.12. The van der Waals surface area contributed by atoms with Crippen LogP contribution >= 0.6 is 0 Å². The summed E-state index contributed by atoms with van der Waals surface area (Å²) in [6.45, 7) is 5.19. The first-order valence-corrected chi connectivity index (χ1v) is 6.07. The molecule has 82 valence electrons. The minimum absolute atomic E-state index is 0.447. The summed E-state index contributed by atoms with van der Waals surface area (Å²) >= 11 is 0. The number of rotatable bonds is 7. The zero-order valence-corrected chi connectivity index (χ0v) is 9.43. The molecule has 0 atom stereocenters. The molecule has 0 N–H and O–H groups in total. The summed E-state index contributed by atoms with van der Waals surface area (Å²) < 4.78 is 0. The third kappa shape index (κ3) is 4.75. The summed E-state index contributed by atoms with van der Waals surface area (Å²) in [5.74, 6) is 0.447. The van der Waals surface area contributed by atoms with E-state index in [1.807, 2.05) is 0 Å². The molecule has 2 heteroatoms. The van der Waals surface area contributed by atoms with E-state index in [1.54, 1.807) is 0 Å². The van der Waals surface area contributed by atoms with Crippen molar-refractivity contribution in [2.75, 3.05) is 19.6 Å². The van der Waals surface area contributed by atoms with Crippen molar-refractivity contribution < 1.29 is 4.79 Å². The minimum atomic E-state index is 0.447. The Kier molecular flexibility index (Phi) is 5.85. The number of hydrogen-bond acceptors (Lipinski definition) is 2. The van der Waals surface area contributed by atoms with E-state index >= 15 is 0 Å². The van der Waals surface area contributed by atoms with Crippen LogP contribution in [0.5, 0.6) is 0 Å². The highest BCUT2D eigenvalue weighted by Crippen LogP contribution is 2.08. The lowest BCUT2D eigenvalue weighted by molar-refractivity contribution is -0.120. The summed E-state index contributed by atoms with van der Waals surface area (Å²) in [6, 6.07) is 0. The molecule has 1 saturated heterocycles. The Hall–Kier alpha value is -0.370. The third-order valence-corrected chi connectivity index (χ3v) is 2.91. The molecule has 0 aliphatic carbocycles. The fourth-order valence-corrected chi connectivity index (χ4v) is 2.02. The van der Waals surface area contributed by atoms with Gasteiger partial charge in [0.2, 0.25) is 0 Å². The van der Waals surface area contributed by atoms with E-state index in [1.165, 1.54) is 32.1 Å². The highest BCUT2D eigenvalue weighted by molar-refractivity contribution is 5.80. The quantitative estimate of drug-likeness (QED) is 0.585. The summed E-state index contributed by atoms with van der Waals surface area (Å²) in [4.78, 5) is 13.8. The number of hydrogen-bond donors (Lipinski definition) is 0. The number of Topliss-reactive ketones (excluding diaryl/α,β-unsaturated/α-hetero) is 1. The first-order valence-electron chi connectivity index (χ1n) is 6.07. The van der Waals surface area contributed by atoms with Crippen LogP contribution in [-0.2, 0) is 4.79 Å². The molecule has 2 nitrogen and oxygen atoms in total. The molecule has 1 fully saturated rings. The molecule has 1 rings (SSSR count). The maximum atomic E-state index is 11.5. The molecule has 0 saturated carbocycles. The molecule has 0 aromatic heterocycles. The fourth-order valence-electron chi connectivity index (χ4n) is 2.02. The van der Waals surface area contributed by atoms with Crippen LogP contribution in [0.2, 0.25) is 0 Å². The van der Waals surface area contributed by atoms with Crippen LogP contribution in [0, 0.1) is 0 Å². The normalized spacial score (nSPS) is 17.5. The van der Waals surface area contributed by atoms with E-state index < -0.39 is 0 Å². The molecule has 0 aromatic rings. The average Bonchev–Trinajstić information content (AvgIpc) is 2.65. The van der Waals surface area contributed by atoms with Crippen molar-refractivity contribution in [3.8, 4) is 0 Å². The molecule has 0 spiro atoms. The van der Waals surface area contributed by atoms with Crippen LogP contribution in [0.1, 0.15) is 51.9 Å². The van der Waals surface area contributed by atoms with Crippen molar-refractivity contribution in [2.24, 2.45) is 0 Å². The second-order valence-corrected chi connectivity index (χ2v) is 4.33. The highest BCUT2D eigenvalue weighted by atomic mass is 16.1. The number of nitrogens with zero attached hydrogens (tertiary/aromatic N) is 1. The Morgan fingerprint density at radius 2 is 1.86 bits per heavy atom. The standard InChI is InChI=1S/C12H23NO/c1-2-3-4-5-8-12(14)11-13-9-6-7-10-13/h2-11H2,1H3. The van der Waals surface area contributed by atoms with Crippen molar-refractivity contribution in [1.29, 1.82) is 0 Å². The van der Waals surface area contributed by atoms with Gasteiger partial charge in [0.25, 0.3) is 0 Å². The molecule has 0 radical (unpaired) electrons. The molecule has 1 heterocycles. The zero-order valence-electron chi connectivity index (χ0n) is 9.43. The average molecular weight is 197 g/mol. The molecule has 0 amide bonds. The van der Waals surface area contributed by atoms with E-state index in [2.05, 4.69) is 11.8 Å². The van der Waals surface area contributed by atoms with Gasteiger partial charge in [0.05, 0.1) is 6.54 Å². The van der Waals surface area contributed by atoms with Crippen LogP contribution in [0.4, 0.5) is 0 Å². The molecule has 1 aliphatic heterocycles. The zero-order chi connectivity index (χ0) is 10.2. The van der Waals surface area contributed by atoms with Crippen LogP contribution < -0.4 is 0 Å². The second-order valence-electron chi connectivity index (χ2n) is 4.33. The molecule has 0 aromatic carbocycles. The number of unbranched alkanes of at least 4 members (excludes halogenated alkanes) is 3. The molecular formula is C12H23NO. The van der Waals surface area contributed by atoms with Gasteiger partial charge in [0.15, 0.2) is 0 Å².